The van der Waals surface area contributed by atoms with Crippen molar-refractivity contribution >= 4 is 11.7 Å². The third-order valence-electron chi connectivity index (χ3n) is 2.54. The van der Waals surface area contributed by atoms with Gasteiger partial charge in [-0.15, -0.1) is 0 Å². The number of aryl methyl sites for hydroxylation is 2. The zero-order valence-corrected chi connectivity index (χ0v) is 11.5. The van der Waals surface area contributed by atoms with Crippen LogP contribution in [0.25, 0.3) is 0 Å². The molecule has 0 spiro atoms. The summed E-state index contributed by atoms with van der Waals surface area (Å²) < 4.78 is 10.2. The lowest BCUT2D eigenvalue weighted by molar-refractivity contribution is 0.0695. The van der Waals surface area contributed by atoms with Crippen LogP contribution in [0.5, 0.6) is 0 Å². The van der Waals surface area contributed by atoms with Gasteiger partial charge in [0.25, 0.3) is 0 Å². The molecule has 0 unspecified atom stereocenters. The van der Waals surface area contributed by atoms with Crippen molar-refractivity contribution in [1.29, 1.82) is 0 Å². The Balaban J connectivity index is 2.59. The number of anilines is 1. The molecule has 0 aliphatic rings. The second kappa shape index (κ2) is 7.70. The van der Waals surface area contributed by atoms with Gasteiger partial charge in [-0.05, 0) is 19.9 Å². The average Bonchev–Trinajstić information content (AvgIpc) is 2.32. The zero-order chi connectivity index (χ0) is 14.3. The molecule has 0 aromatic carbocycles. The van der Waals surface area contributed by atoms with E-state index in [2.05, 4.69) is 10.3 Å². The number of nitrogens with one attached hydrogen (secondary N) is 1. The number of pyridine rings is 1. The van der Waals surface area contributed by atoms with Crippen LogP contribution in [-0.4, -0.2) is 49.5 Å². The summed E-state index contributed by atoms with van der Waals surface area (Å²) in [6.07, 6.45) is 0. The monoisotopic (exact) mass is 268 g/mol. The molecule has 1 heterocycles. The Bertz CT molecular complexity index is 435. The van der Waals surface area contributed by atoms with Crippen LogP contribution >= 0.6 is 0 Å². The molecule has 1 rings (SSSR count). The first-order chi connectivity index (χ1) is 9.06. The predicted octanol–water partition coefficient (Wildman–Crippen LogP) is 1.47. The van der Waals surface area contributed by atoms with E-state index < -0.39 is 5.97 Å². The molecule has 1 aromatic heterocycles. The number of rotatable bonds is 8. The van der Waals surface area contributed by atoms with Gasteiger partial charge in [0.2, 0.25) is 0 Å². The van der Waals surface area contributed by atoms with E-state index in [0.29, 0.717) is 37.7 Å². The first kappa shape index (κ1) is 15.4. The van der Waals surface area contributed by atoms with Crippen molar-refractivity contribution in [2.75, 3.05) is 38.8 Å². The number of nitrogens with zero attached hydrogens (tertiary/aromatic N) is 1. The molecule has 0 amide bonds. The summed E-state index contributed by atoms with van der Waals surface area (Å²) in [6.45, 7) is 5.62. The van der Waals surface area contributed by atoms with E-state index in [1.165, 1.54) is 0 Å². The number of methoxy groups -OCH3 is 1. The summed E-state index contributed by atoms with van der Waals surface area (Å²) in [5.74, 6) is -0.979. The maximum Gasteiger partial charge on any atom is 0.339 e. The van der Waals surface area contributed by atoms with Gasteiger partial charge in [-0.3, -0.25) is 4.98 Å². The number of hydrogen-bond acceptors (Lipinski definition) is 5. The highest BCUT2D eigenvalue weighted by molar-refractivity contribution is 5.95. The number of hydrogen-bond donors (Lipinski definition) is 2. The summed E-state index contributed by atoms with van der Waals surface area (Å²) in [5.41, 5.74) is 2.08. The minimum absolute atomic E-state index is 0.211. The summed E-state index contributed by atoms with van der Waals surface area (Å²) >= 11 is 0. The highest BCUT2D eigenvalue weighted by Gasteiger charge is 2.14. The second-order valence-electron chi connectivity index (χ2n) is 4.11. The summed E-state index contributed by atoms with van der Waals surface area (Å²) in [4.78, 5) is 15.4. The van der Waals surface area contributed by atoms with E-state index in [0.717, 1.165) is 5.69 Å². The molecule has 0 bridgehead atoms. The van der Waals surface area contributed by atoms with Gasteiger partial charge in [-0.2, -0.15) is 0 Å². The molecule has 6 nitrogen and oxygen atoms in total. The lowest BCUT2D eigenvalue weighted by Crippen LogP contribution is -2.15. The maximum absolute atomic E-state index is 11.2. The topological polar surface area (TPSA) is 80.7 Å². The Morgan fingerprint density at radius 2 is 2.11 bits per heavy atom. The predicted molar refractivity (Wildman–Crippen MR) is 71.9 cm³/mol. The van der Waals surface area contributed by atoms with Gasteiger partial charge in [-0.25, -0.2) is 4.79 Å². The molecular formula is C13H20N2O4. The highest BCUT2D eigenvalue weighted by atomic mass is 16.5. The Kier molecular flexibility index (Phi) is 6.24. The van der Waals surface area contributed by atoms with E-state index >= 15 is 0 Å². The van der Waals surface area contributed by atoms with Crippen molar-refractivity contribution in [3.63, 3.8) is 0 Å². The van der Waals surface area contributed by atoms with Crippen LogP contribution in [0, 0.1) is 13.8 Å². The number of aromatic nitrogens is 1. The molecule has 0 saturated carbocycles. The van der Waals surface area contributed by atoms with Crippen molar-refractivity contribution < 1.29 is 19.4 Å². The van der Waals surface area contributed by atoms with Crippen LogP contribution in [0.3, 0.4) is 0 Å². The quantitative estimate of drug-likeness (QED) is 0.695. The molecule has 0 fully saturated rings. The van der Waals surface area contributed by atoms with Crippen LogP contribution in [0.4, 0.5) is 5.69 Å². The smallest absolute Gasteiger partial charge is 0.339 e. The zero-order valence-electron chi connectivity index (χ0n) is 11.5. The van der Waals surface area contributed by atoms with Crippen LogP contribution in [0.2, 0.25) is 0 Å². The number of carboxylic acids is 1. The molecule has 19 heavy (non-hydrogen) atoms. The fourth-order valence-electron chi connectivity index (χ4n) is 1.74. The SMILES string of the molecule is COCCOCCNc1cc(C)nc(C)c1C(=O)O. The molecule has 106 valence electrons. The molecular weight excluding hydrogens is 248 g/mol. The number of ether oxygens (including phenoxy) is 2. The Labute approximate surface area is 112 Å². The second-order valence-corrected chi connectivity index (χ2v) is 4.11. The largest absolute Gasteiger partial charge is 0.478 e. The molecule has 0 aliphatic heterocycles. The summed E-state index contributed by atoms with van der Waals surface area (Å²) in [5, 5.41) is 12.2. The van der Waals surface area contributed by atoms with Crippen molar-refractivity contribution in [3.05, 3.63) is 23.0 Å². The van der Waals surface area contributed by atoms with Crippen LogP contribution in [0.1, 0.15) is 21.7 Å². The average molecular weight is 268 g/mol. The Hall–Kier alpha value is -1.66. The molecule has 0 radical (unpaired) electrons. The summed E-state index contributed by atoms with van der Waals surface area (Å²) in [6, 6.07) is 1.73. The van der Waals surface area contributed by atoms with Gasteiger partial charge < -0.3 is 19.9 Å². The van der Waals surface area contributed by atoms with Gasteiger partial charge in [-0.1, -0.05) is 0 Å². The van der Waals surface area contributed by atoms with E-state index in [1.807, 2.05) is 6.92 Å². The van der Waals surface area contributed by atoms with Gasteiger partial charge in [0.15, 0.2) is 0 Å². The Morgan fingerprint density at radius 3 is 2.74 bits per heavy atom. The van der Waals surface area contributed by atoms with Gasteiger partial charge in [0, 0.05) is 19.3 Å². The van der Waals surface area contributed by atoms with E-state index in [1.54, 1.807) is 20.1 Å². The minimum atomic E-state index is -0.979. The maximum atomic E-state index is 11.2. The standard InChI is InChI=1S/C13H20N2O4/c1-9-8-11(12(13(16)17)10(2)15-9)14-4-5-19-7-6-18-3/h8H,4-7H2,1-3H3,(H,14,15)(H,16,17). The van der Waals surface area contributed by atoms with Crippen molar-refractivity contribution in [3.8, 4) is 0 Å². The molecule has 0 atom stereocenters. The van der Waals surface area contributed by atoms with Gasteiger partial charge >= 0.3 is 5.97 Å². The fourth-order valence-corrected chi connectivity index (χ4v) is 1.74. The highest BCUT2D eigenvalue weighted by Crippen LogP contribution is 2.19. The molecule has 0 aliphatic carbocycles. The van der Waals surface area contributed by atoms with Crippen molar-refractivity contribution in [1.82, 2.24) is 4.98 Å². The molecule has 1 aromatic rings. The third kappa shape index (κ3) is 4.84. The lowest BCUT2D eigenvalue weighted by Gasteiger charge is -2.12. The normalized spacial score (nSPS) is 10.5. The first-order valence-electron chi connectivity index (χ1n) is 6.08. The van der Waals surface area contributed by atoms with Gasteiger partial charge in [0.05, 0.1) is 31.2 Å². The molecule has 6 heteroatoms. The third-order valence-corrected chi connectivity index (χ3v) is 2.54. The van der Waals surface area contributed by atoms with Gasteiger partial charge in [0.1, 0.15) is 5.56 Å². The fraction of sp³-hybridized carbons (Fsp3) is 0.538. The van der Waals surface area contributed by atoms with Crippen molar-refractivity contribution in [2.24, 2.45) is 0 Å². The van der Waals surface area contributed by atoms with E-state index in [-0.39, 0.29) is 5.56 Å². The molecule has 0 saturated heterocycles. The number of carboxylic acid groups (broad SMARTS) is 1. The number of carbonyl (C=O) groups is 1. The van der Waals surface area contributed by atoms with Crippen LogP contribution in [0.15, 0.2) is 6.07 Å². The Morgan fingerprint density at radius 1 is 1.37 bits per heavy atom. The lowest BCUT2D eigenvalue weighted by atomic mass is 10.1. The van der Waals surface area contributed by atoms with Crippen molar-refractivity contribution in [2.45, 2.75) is 13.8 Å². The molecule has 2 N–H and O–H groups in total. The number of aromatic carboxylic acids is 1. The summed E-state index contributed by atoms with van der Waals surface area (Å²) in [7, 11) is 1.61. The van der Waals surface area contributed by atoms with E-state index in [4.69, 9.17) is 9.47 Å². The van der Waals surface area contributed by atoms with E-state index in [9.17, 15) is 9.90 Å². The first-order valence-corrected chi connectivity index (χ1v) is 6.08. The van der Waals surface area contributed by atoms with Crippen LogP contribution < -0.4 is 5.32 Å². The van der Waals surface area contributed by atoms with Crippen LogP contribution in [-0.2, 0) is 9.47 Å². The minimum Gasteiger partial charge on any atom is -0.478 e.